The van der Waals surface area contributed by atoms with Gasteiger partial charge in [0.05, 0.1) is 15.8 Å². The van der Waals surface area contributed by atoms with Crippen molar-refractivity contribution in [3.8, 4) is 11.4 Å². The number of benzene rings is 2. The number of anilines is 1. The number of aromatic nitrogens is 4. The number of thioether (sulfide) groups is 1. The number of nitrogens with one attached hydrogen (secondary N) is 1. The molecule has 32 heavy (non-hydrogen) atoms. The number of hydrogen-bond donors (Lipinski definition) is 2. The number of amides is 1. The van der Waals surface area contributed by atoms with Crippen molar-refractivity contribution in [3.05, 3.63) is 48.5 Å². The SMILES string of the molecule is CC(Sc1nnnn1-c1ccc(OC(F)(F)F)cc1)C(=O)Nc1ccc(S(N)(=O)=O)cc1. The van der Waals surface area contributed by atoms with E-state index in [1.165, 1.54) is 41.1 Å². The highest BCUT2D eigenvalue weighted by atomic mass is 32.2. The maximum Gasteiger partial charge on any atom is 0.573 e. The first-order valence-electron chi connectivity index (χ1n) is 8.67. The van der Waals surface area contributed by atoms with Gasteiger partial charge in [-0.05, 0) is 65.9 Å². The number of primary sulfonamides is 1. The quantitative estimate of drug-likeness (QED) is 0.483. The Kier molecular flexibility index (Phi) is 6.71. The third-order valence-electron chi connectivity index (χ3n) is 3.86. The minimum atomic E-state index is -4.81. The summed E-state index contributed by atoms with van der Waals surface area (Å²) in [4.78, 5) is 12.4. The summed E-state index contributed by atoms with van der Waals surface area (Å²) in [7, 11) is -3.85. The molecule has 1 aromatic heterocycles. The van der Waals surface area contributed by atoms with Crippen LogP contribution in [0.2, 0.25) is 0 Å². The molecule has 3 aromatic rings. The Labute approximate surface area is 184 Å². The van der Waals surface area contributed by atoms with Crippen molar-refractivity contribution in [3.63, 3.8) is 0 Å². The second-order valence-electron chi connectivity index (χ2n) is 6.23. The third kappa shape index (κ3) is 6.18. The van der Waals surface area contributed by atoms with E-state index < -0.39 is 33.3 Å². The molecule has 3 N–H and O–H groups in total. The zero-order valence-corrected chi connectivity index (χ0v) is 17.8. The van der Waals surface area contributed by atoms with Crippen molar-refractivity contribution in [2.24, 2.45) is 5.14 Å². The van der Waals surface area contributed by atoms with E-state index in [-0.39, 0.29) is 10.1 Å². The van der Waals surface area contributed by atoms with Gasteiger partial charge in [-0.2, -0.15) is 4.68 Å². The fraction of sp³-hybridized carbons (Fsp3) is 0.176. The Hall–Kier alpha value is -3.17. The first-order chi connectivity index (χ1) is 14.9. The van der Waals surface area contributed by atoms with Crippen molar-refractivity contribution in [2.75, 3.05) is 5.32 Å². The normalized spacial score (nSPS) is 12.9. The number of ether oxygens (including phenoxy) is 1. The highest BCUT2D eigenvalue weighted by molar-refractivity contribution is 8.00. The minimum absolute atomic E-state index is 0.0937. The average molecular weight is 488 g/mol. The number of hydrogen-bond acceptors (Lipinski definition) is 8. The van der Waals surface area contributed by atoms with Crippen LogP contribution in [0.15, 0.2) is 58.6 Å². The maximum absolute atomic E-state index is 12.5. The molecule has 1 unspecified atom stereocenters. The van der Waals surface area contributed by atoms with E-state index in [0.717, 1.165) is 23.9 Å². The topological polar surface area (TPSA) is 142 Å². The first-order valence-corrected chi connectivity index (χ1v) is 11.1. The lowest BCUT2D eigenvalue weighted by Crippen LogP contribution is -2.23. The van der Waals surface area contributed by atoms with Crippen LogP contribution in [0.3, 0.4) is 0 Å². The summed E-state index contributed by atoms with van der Waals surface area (Å²) in [5.41, 5.74) is 0.716. The largest absolute Gasteiger partial charge is 0.573 e. The van der Waals surface area contributed by atoms with Gasteiger partial charge in [-0.25, -0.2) is 13.6 Å². The molecule has 2 aromatic carbocycles. The molecule has 0 spiro atoms. The Morgan fingerprint density at radius 2 is 1.78 bits per heavy atom. The highest BCUT2D eigenvalue weighted by Crippen LogP contribution is 2.27. The molecular formula is C17H15F3N6O4S2. The van der Waals surface area contributed by atoms with Crippen LogP contribution in [0, 0.1) is 0 Å². The Morgan fingerprint density at radius 1 is 1.16 bits per heavy atom. The summed E-state index contributed by atoms with van der Waals surface area (Å²) in [5.74, 6) is -0.813. The molecular weight excluding hydrogens is 473 g/mol. The Morgan fingerprint density at radius 3 is 2.34 bits per heavy atom. The summed E-state index contributed by atoms with van der Waals surface area (Å²) in [6.07, 6.45) is -4.81. The molecule has 10 nitrogen and oxygen atoms in total. The van der Waals surface area contributed by atoms with E-state index in [1.54, 1.807) is 6.92 Å². The van der Waals surface area contributed by atoms with E-state index >= 15 is 0 Å². The standard InChI is InChI=1S/C17H15F3N6O4S2/c1-10(15(27)22-11-2-8-14(9-3-11)32(21,28)29)31-16-23-24-25-26(16)12-4-6-13(7-5-12)30-17(18,19)20/h2-10H,1H3,(H,22,27)(H2,21,28,29). The molecule has 170 valence electrons. The molecule has 1 amide bonds. The molecule has 0 saturated heterocycles. The molecule has 3 rings (SSSR count). The van der Waals surface area contributed by atoms with Crippen LogP contribution in [-0.4, -0.2) is 46.1 Å². The van der Waals surface area contributed by atoms with Gasteiger partial charge in [0.1, 0.15) is 5.75 Å². The second kappa shape index (κ2) is 9.13. The van der Waals surface area contributed by atoms with Crippen LogP contribution >= 0.6 is 11.8 Å². The number of carbonyl (C=O) groups excluding carboxylic acids is 1. The summed E-state index contributed by atoms with van der Waals surface area (Å²) in [6, 6.07) is 10.2. The van der Waals surface area contributed by atoms with Gasteiger partial charge in [0, 0.05) is 5.69 Å². The molecule has 0 bridgehead atoms. The monoisotopic (exact) mass is 488 g/mol. The van der Waals surface area contributed by atoms with Gasteiger partial charge in [0.2, 0.25) is 21.1 Å². The first kappa shape index (κ1) is 23.5. The van der Waals surface area contributed by atoms with Crippen molar-refractivity contribution < 1.29 is 31.1 Å². The van der Waals surface area contributed by atoms with Crippen molar-refractivity contribution in [2.45, 2.75) is 28.6 Å². The van der Waals surface area contributed by atoms with E-state index in [4.69, 9.17) is 5.14 Å². The van der Waals surface area contributed by atoms with Gasteiger partial charge in [-0.1, -0.05) is 11.8 Å². The number of alkyl halides is 3. The lowest BCUT2D eigenvalue weighted by atomic mass is 10.3. The molecule has 1 atom stereocenters. The summed E-state index contributed by atoms with van der Waals surface area (Å²) < 4.78 is 64.5. The fourth-order valence-electron chi connectivity index (χ4n) is 2.39. The van der Waals surface area contributed by atoms with Gasteiger partial charge < -0.3 is 10.1 Å². The Balaban J connectivity index is 1.67. The number of carbonyl (C=O) groups is 1. The van der Waals surface area contributed by atoms with Crippen LogP contribution < -0.4 is 15.2 Å². The van der Waals surface area contributed by atoms with Crippen LogP contribution in [0.1, 0.15) is 6.92 Å². The van der Waals surface area contributed by atoms with Crippen molar-refractivity contribution in [1.29, 1.82) is 0 Å². The van der Waals surface area contributed by atoms with Gasteiger partial charge >= 0.3 is 6.36 Å². The summed E-state index contributed by atoms with van der Waals surface area (Å²) >= 11 is 1.01. The predicted octanol–water partition coefficient (Wildman–Crippen LogP) is 2.33. The van der Waals surface area contributed by atoms with E-state index in [0.29, 0.717) is 11.4 Å². The van der Waals surface area contributed by atoms with E-state index in [2.05, 4.69) is 25.6 Å². The second-order valence-corrected chi connectivity index (χ2v) is 9.10. The molecule has 0 aliphatic heterocycles. The molecule has 0 fully saturated rings. The van der Waals surface area contributed by atoms with E-state index in [9.17, 15) is 26.4 Å². The highest BCUT2D eigenvalue weighted by Gasteiger charge is 2.31. The average Bonchev–Trinajstić information content (AvgIpc) is 3.15. The predicted molar refractivity (Wildman–Crippen MR) is 108 cm³/mol. The van der Waals surface area contributed by atoms with Gasteiger partial charge in [-0.3, -0.25) is 4.79 Å². The smallest absolute Gasteiger partial charge is 0.406 e. The van der Waals surface area contributed by atoms with Crippen molar-refractivity contribution in [1.82, 2.24) is 20.2 Å². The lowest BCUT2D eigenvalue weighted by Gasteiger charge is -2.12. The molecule has 0 saturated carbocycles. The molecule has 0 radical (unpaired) electrons. The van der Waals surface area contributed by atoms with Crippen LogP contribution in [0.4, 0.5) is 18.9 Å². The van der Waals surface area contributed by atoms with Gasteiger partial charge in [-0.15, -0.1) is 18.3 Å². The van der Waals surface area contributed by atoms with Crippen LogP contribution in [0.25, 0.3) is 5.69 Å². The van der Waals surface area contributed by atoms with Crippen LogP contribution in [0.5, 0.6) is 5.75 Å². The number of nitrogens with zero attached hydrogens (tertiary/aromatic N) is 4. The fourth-order valence-corrected chi connectivity index (χ4v) is 3.71. The molecule has 1 heterocycles. The summed E-state index contributed by atoms with van der Waals surface area (Å²) in [5, 5.41) is 18.4. The van der Waals surface area contributed by atoms with Gasteiger partial charge in [0.15, 0.2) is 0 Å². The third-order valence-corrected chi connectivity index (χ3v) is 5.82. The molecule has 0 aliphatic carbocycles. The number of halogens is 3. The number of nitrogens with two attached hydrogens (primary N) is 1. The van der Waals surface area contributed by atoms with E-state index in [1.807, 2.05) is 0 Å². The minimum Gasteiger partial charge on any atom is -0.406 e. The van der Waals surface area contributed by atoms with Gasteiger partial charge in [0.25, 0.3) is 0 Å². The zero-order valence-electron chi connectivity index (χ0n) is 16.1. The number of rotatable bonds is 7. The zero-order chi connectivity index (χ0) is 23.5. The molecule has 0 aliphatic rings. The number of sulfonamides is 1. The summed E-state index contributed by atoms with van der Waals surface area (Å²) in [6.45, 7) is 1.60. The Bertz CT molecular complexity index is 1200. The van der Waals surface area contributed by atoms with Crippen molar-refractivity contribution >= 4 is 33.4 Å². The van der Waals surface area contributed by atoms with Crippen LogP contribution in [-0.2, 0) is 14.8 Å². The maximum atomic E-state index is 12.5. The number of tetrazole rings is 1. The lowest BCUT2D eigenvalue weighted by molar-refractivity contribution is -0.274. The molecule has 15 heteroatoms.